The van der Waals surface area contributed by atoms with Crippen molar-refractivity contribution in [1.82, 2.24) is 5.32 Å². The van der Waals surface area contributed by atoms with E-state index in [9.17, 15) is 9.59 Å². The molecule has 5 heteroatoms. The van der Waals surface area contributed by atoms with Gasteiger partial charge in [-0.3, -0.25) is 4.79 Å². The van der Waals surface area contributed by atoms with Crippen LogP contribution in [0.3, 0.4) is 0 Å². The van der Waals surface area contributed by atoms with E-state index >= 15 is 0 Å². The van der Waals surface area contributed by atoms with E-state index in [0.717, 1.165) is 17.5 Å². The van der Waals surface area contributed by atoms with E-state index in [1.807, 2.05) is 37.3 Å². The summed E-state index contributed by atoms with van der Waals surface area (Å²) in [5.74, 6) is -0.262. The lowest BCUT2D eigenvalue weighted by molar-refractivity contribution is -0.129. The van der Waals surface area contributed by atoms with Crippen molar-refractivity contribution in [1.29, 1.82) is 0 Å². The third kappa shape index (κ3) is 5.35. The van der Waals surface area contributed by atoms with E-state index in [0.29, 0.717) is 17.9 Å². The van der Waals surface area contributed by atoms with Crippen LogP contribution in [0.25, 0.3) is 0 Å². The quantitative estimate of drug-likeness (QED) is 0.787. The van der Waals surface area contributed by atoms with Gasteiger partial charge < -0.3 is 14.8 Å². The average Bonchev–Trinajstić information content (AvgIpc) is 2.62. The molecular formula is C20H23NO4. The van der Waals surface area contributed by atoms with Gasteiger partial charge in [0.05, 0.1) is 12.7 Å². The first kappa shape index (κ1) is 18.5. The monoisotopic (exact) mass is 341 g/mol. The van der Waals surface area contributed by atoms with Crippen molar-refractivity contribution >= 4 is 11.9 Å². The van der Waals surface area contributed by atoms with Crippen LogP contribution in [0.15, 0.2) is 48.5 Å². The lowest BCUT2D eigenvalue weighted by Gasteiger charge is -2.14. The summed E-state index contributed by atoms with van der Waals surface area (Å²) in [5, 5.41) is 2.78. The van der Waals surface area contributed by atoms with Gasteiger partial charge in [0.15, 0.2) is 6.10 Å². The van der Waals surface area contributed by atoms with Gasteiger partial charge in [0.25, 0.3) is 5.91 Å². The zero-order valence-electron chi connectivity index (χ0n) is 14.7. The van der Waals surface area contributed by atoms with Gasteiger partial charge in [0.2, 0.25) is 0 Å². The number of methoxy groups -OCH3 is 1. The maximum Gasteiger partial charge on any atom is 0.339 e. The molecule has 0 bridgehead atoms. The lowest BCUT2D eigenvalue weighted by Crippen LogP contribution is -2.36. The summed E-state index contributed by atoms with van der Waals surface area (Å²) in [4.78, 5) is 24.2. The van der Waals surface area contributed by atoms with Gasteiger partial charge in [0.1, 0.15) is 5.75 Å². The highest BCUT2D eigenvalue weighted by Gasteiger charge is 2.19. The summed E-state index contributed by atoms with van der Waals surface area (Å²) >= 11 is 0. The fraction of sp³-hybridized carbons (Fsp3) is 0.300. The molecule has 0 fully saturated rings. The first-order chi connectivity index (χ1) is 12.0. The van der Waals surface area contributed by atoms with Gasteiger partial charge >= 0.3 is 5.97 Å². The molecule has 0 saturated carbocycles. The van der Waals surface area contributed by atoms with Crippen LogP contribution in [0.4, 0.5) is 0 Å². The van der Waals surface area contributed by atoms with E-state index in [2.05, 4.69) is 5.32 Å². The van der Waals surface area contributed by atoms with Crippen LogP contribution in [0.1, 0.15) is 28.4 Å². The number of rotatable bonds is 7. The summed E-state index contributed by atoms with van der Waals surface area (Å²) in [6.45, 7) is 3.93. The number of nitrogens with one attached hydrogen (secondary N) is 1. The Morgan fingerprint density at radius 1 is 1.12 bits per heavy atom. The Hall–Kier alpha value is -2.82. The van der Waals surface area contributed by atoms with E-state index in [4.69, 9.17) is 9.47 Å². The second-order valence-electron chi connectivity index (χ2n) is 5.76. The SMILES string of the molecule is COc1cc(C(=O)OC(C)C(=O)NCCc2ccccc2)ccc1C. The van der Waals surface area contributed by atoms with Crippen molar-refractivity contribution < 1.29 is 19.1 Å². The number of carbonyl (C=O) groups excluding carboxylic acids is 2. The third-order valence-corrected chi connectivity index (χ3v) is 3.85. The Bertz CT molecular complexity index is 728. The molecule has 0 saturated heterocycles. The van der Waals surface area contributed by atoms with Gasteiger partial charge in [-0.15, -0.1) is 0 Å². The van der Waals surface area contributed by atoms with Gasteiger partial charge in [-0.1, -0.05) is 36.4 Å². The summed E-state index contributed by atoms with van der Waals surface area (Å²) in [6, 6.07) is 14.9. The van der Waals surface area contributed by atoms with Crippen LogP contribution in [-0.4, -0.2) is 31.6 Å². The number of aryl methyl sites for hydroxylation is 1. The van der Waals surface area contributed by atoms with Crippen molar-refractivity contribution in [3.8, 4) is 5.75 Å². The molecule has 0 aliphatic carbocycles. The fourth-order valence-electron chi connectivity index (χ4n) is 2.35. The molecular weight excluding hydrogens is 318 g/mol. The topological polar surface area (TPSA) is 64.6 Å². The van der Waals surface area contributed by atoms with Crippen LogP contribution < -0.4 is 10.1 Å². The second-order valence-corrected chi connectivity index (χ2v) is 5.76. The molecule has 2 aromatic rings. The van der Waals surface area contributed by atoms with E-state index < -0.39 is 12.1 Å². The molecule has 5 nitrogen and oxygen atoms in total. The Morgan fingerprint density at radius 2 is 1.84 bits per heavy atom. The number of benzene rings is 2. The van der Waals surface area contributed by atoms with Crippen LogP contribution in [-0.2, 0) is 16.0 Å². The zero-order chi connectivity index (χ0) is 18.2. The first-order valence-corrected chi connectivity index (χ1v) is 8.18. The van der Waals surface area contributed by atoms with Crippen LogP contribution in [0.5, 0.6) is 5.75 Å². The molecule has 0 aromatic heterocycles. The van der Waals surface area contributed by atoms with Crippen molar-refractivity contribution in [2.24, 2.45) is 0 Å². The Labute approximate surface area is 148 Å². The molecule has 25 heavy (non-hydrogen) atoms. The number of hydrogen-bond donors (Lipinski definition) is 1. The normalized spacial score (nSPS) is 11.5. The molecule has 0 heterocycles. The molecule has 1 atom stereocenters. The highest BCUT2D eigenvalue weighted by molar-refractivity contribution is 5.92. The van der Waals surface area contributed by atoms with Gasteiger partial charge in [-0.2, -0.15) is 0 Å². The standard InChI is InChI=1S/C20H23NO4/c1-14-9-10-17(13-18(14)24-3)20(23)25-15(2)19(22)21-12-11-16-7-5-4-6-8-16/h4-10,13,15H,11-12H2,1-3H3,(H,21,22). The molecule has 0 spiro atoms. The Morgan fingerprint density at radius 3 is 2.52 bits per heavy atom. The average molecular weight is 341 g/mol. The summed E-state index contributed by atoms with van der Waals surface area (Å²) < 4.78 is 10.4. The lowest BCUT2D eigenvalue weighted by atomic mass is 10.1. The number of carbonyl (C=O) groups is 2. The summed E-state index contributed by atoms with van der Waals surface area (Å²) in [7, 11) is 1.54. The minimum absolute atomic E-state index is 0.316. The van der Waals surface area contributed by atoms with Crippen molar-refractivity contribution in [2.45, 2.75) is 26.4 Å². The molecule has 132 valence electrons. The van der Waals surface area contributed by atoms with E-state index in [-0.39, 0.29) is 5.91 Å². The number of hydrogen-bond acceptors (Lipinski definition) is 4. The maximum atomic E-state index is 12.2. The molecule has 1 N–H and O–H groups in total. The fourth-order valence-corrected chi connectivity index (χ4v) is 2.35. The minimum Gasteiger partial charge on any atom is -0.496 e. The zero-order valence-corrected chi connectivity index (χ0v) is 14.7. The number of amides is 1. The summed E-state index contributed by atoms with van der Waals surface area (Å²) in [5.41, 5.74) is 2.41. The van der Waals surface area contributed by atoms with Crippen molar-refractivity contribution in [2.75, 3.05) is 13.7 Å². The van der Waals surface area contributed by atoms with Crippen LogP contribution in [0.2, 0.25) is 0 Å². The smallest absolute Gasteiger partial charge is 0.339 e. The highest BCUT2D eigenvalue weighted by Crippen LogP contribution is 2.19. The van der Waals surface area contributed by atoms with Gasteiger partial charge in [-0.05, 0) is 43.5 Å². The molecule has 1 unspecified atom stereocenters. The molecule has 0 aliphatic rings. The van der Waals surface area contributed by atoms with E-state index in [1.54, 1.807) is 32.2 Å². The van der Waals surface area contributed by atoms with Crippen LogP contribution >= 0.6 is 0 Å². The molecule has 2 rings (SSSR count). The maximum absolute atomic E-state index is 12.2. The number of esters is 1. The Balaban J connectivity index is 1.84. The van der Waals surface area contributed by atoms with E-state index in [1.165, 1.54) is 0 Å². The predicted octanol–water partition coefficient (Wildman–Crippen LogP) is 2.91. The molecule has 1 amide bonds. The molecule has 0 radical (unpaired) electrons. The largest absolute Gasteiger partial charge is 0.496 e. The Kier molecular flexibility index (Phi) is 6.57. The van der Waals surface area contributed by atoms with Crippen molar-refractivity contribution in [3.05, 3.63) is 65.2 Å². The molecule has 0 aliphatic heterocycles. The van der Waals surface area contributed by atoms with Gasteiger partial charge in [0, 0.05) is 6.54 Å². The minimum atomic E-state index is -0.865. The molecule has 2 aromatic carbocycles. The first-order valence-electron chi connectivity index (χ1n) is 8.18. The predicted molar refractivity (Wildman–Crippen MR) is 95.8 cm³/mol. The number of ether oxygens (including phenoxy) is 2. The van der Waals surface area contributed by atoms with Gasteiger partial charge in [-0.25, -0.2) is 4.79 Å². The second kappa shape index (κ2) is 8.87. The third-order valence-electron chi connectivity index (χ3n) is 3.85. The highest BCUT2D eigenvalue weighted by atomic mass is 16.5. The van der Waals surface area contributed by atoms with Crippen LogP contribution in [0, 0.1) is 6.92 Å². The summed E-state index contributed by atoms with van der Waals surface area (Å²) in [6.07, 6.45) is -0.141. The van der Waals surface area contributed by atoms with Crippen molar-refractivity contribution in [3.63, 3.8) is 0 Å².